The van der Waals surface area contributed by atoms with Gasteiger partial charge in [0.25, 0.3) is 0 Å². The zero-order valence-electron chi connectivity index (χ0n) is 17.2. The molecule has 0 aliphatic heterocycles. The van der Waals surface area contributed by atoms with E-state index in [-0.39, 0.29) is 29.3 Å². The van der Waals surface area contributed by atoms with Crippen LogP contribution in [0, 0.1) is 22.7 Å². The van der Waals surface area contributed by atoms with Crippen molar-refractivity contribution >= 4 is 18.2 Å². The Morgan fingerprint density at radius 2 is 1.96 bits per heavy atom. The molecule has 6 heteroatoms. The van der Waals surface area contributed by atoms with Crippen LogP contribution in [0.15, 0.2) is 23.3 Å². The van der Waals surface area contributed by atoms with Crippen molar-refractivity contribution in [3.05, 3.63) is 23.3 Å². The number of hydrogen-bond donors (Lipinski definition) is 2. The Hall–Kier alpha value is -1.95. The van der Waals surface area contributed by atoms with Crippen molar-refractivity contribution in [1.29, 1.82) is 0 Å². The SMILES string of the molecule is CC(=O)OC/C(=C/C(=O)O)CC[C@@H]1C(C=O)=C[C@H](O)[C@H]2C(C)(C)CCC[C@@]12C. The van der Waals surface area contributed by atoms with Gasteiger partial charge in [0.2, 0.25) is 0 Å². The van der Waals surface area contributed by atoms with Crippen LogP contribution < -0.4 is 0 Å². The van der Waals surface area contributed by atoms with E-state index in [1.807, 2.05) is 0 Å². The molecular weight excluding hydrogens is 360 g/mol. The molecule has 4 atom stereocenters. The minimum atomic E-state index is -1.09. The summed E-state index contributed by atoms with van der Waals surface area (Å²) in [6.45, 7) is 7.71. The second kappa shape index (κ2) is 8.60. The molecule has 0 saturated heterocycles. The second-order valence-corrected chi connectivity index (χ2v) is 9.11. The van der Waals surface area contributed by atoms with Crippen molar-refractivity contribution < 1.29 is 29.3 Å². The number of rotatable bonds is 7. The van der Waals surface area contributed by atoms with E-state index in [2.05, 4.69) is 20.8 Å². The average molecular weight is 392 g/mol. The maximum Gasteiger partial charge on any atom is 0.328 e. The number of aldehydes is 1. The van der Waals surface area contributed by atoms with Crippen molar-refractivity contribution in [1.82, 2.24) is 0 Å². The highest BCUT2D eigenvalue weighted by molar-refractivity contribution is 5.81. The van der Waals surface area contributed by atoms with Crippen LogP contribution in [-0.2, 0) is 19.1 Å². The van der Waals surface area contributed by atoms with E-state index in [9.17, 15) is 19.5 Å². The molecule has 2 rings (SSSR count). The third-order valence-electron chi connectivity index (χ3n) is 6.67. The number of allylic oxidation sites excluding steroid dienone is 1. The van der Waals surface area contributed by atoms with Gasteiger partial charge in [-0.15, -0.1) is 0 Å². The molecule has 0 unspecified atom stereocenters. The summed E-state index contributed by atoms with van der Waals surface area (Å²) >= 11 is 0. The number of carbonyl (C=O) groups is 3. The van der Waals surface area contributed by atoms with Crippen LogP contribution in [0.5, 0.6) is 0 Å². The number of esters is 1. The van der Waals surface area contributed by atoms with Crippen LogP contribution in [0.2, 0.25) is 0 Å². The van der Waals surface area contributed by atoms with Crippen LogP contribution in [0.1, 0.15) is 59.8 Å². The summed E-state index contributed by atoms with van der Waals surface area (Å²) in [4.78, 5) is 34.0. The highest BCUT2D eigenvalue weighted by atomic mass is 16.5. The first-order chi connectivity index (χ1) is 13.0. The number of ether oxygens (including phenoxy) is 1. The van der Waals surface area contributed by atoms with E-state index in [4.69, 9.17) is 9.84 Å². The summed E-state index contributed by atoms with van der Waals surface area (Å²) in [6.07, 6.45) is 6.87. The van der Waals surface area contributed by atoms with E-state index < -0.39 is 18.0 Å². The number of aliphatic carboxylic acids is 1. The van der Waals surface area contributed by atoms with Crippen molar-refractivity contribution in [2.24, 2.45) is 22.7 Å². The number of hydrogen-bond acceptors (Lipinski definition) is 5. The van der Waals surface area contributed by atoms with Crippen molar-refractivity contribution in [2.75, 3.05) is 6.61 Å². The Labute approximate surface area is 166 Å². The first-order valence-corrected chi connectivity index (χ1v) is 9.92. The third-order valence-corrected chi connectivity index (χ3v) is 6.67. The number of aliphatic hydroxyl groups excluding tert-OH is 1. The standard InChI is InChI=1S/C22H32O6/c1-14(24)28-13-15(10-19(26)27)6-7-17-16(12-23)11-18(25)20-21(2,3)8-5-9-22(17,20)4/h10-12,17-18,20,25H,5-9,13H2,1-4H3,(H,26,27)/b15-10+/t17-,18+,20+,22+/m1/s1. The molecule has 0 aromatic rings. The summed E-state index contributed by atoms with van der Waals surface area (Å²) in [5.74, 6) is -1.60. The maximum atomic E-state index is 11.8. The molecule has 2 N–H and O–H groups in total. The Morgan fingerprint density at radius 1 is 1.29 bits per heavy atom. The molecule has 0 spiro atoms. The van der Waals surface area contributed by atoms with Crippen LogP contribution >= 0.6 is 0 Å². The molecule has 2 aliphatic carbocycles. The van der Waals surface area contributed by atoms with Gasteiger partial charge in [0.1, 0.15) is 12.9 Å². The molecule has 0 aromatic carbocycles. The molecule has 28 heavy (non-hydrogen) atoms. The summed E-state index contributed by atoms with van der Waals surface area (Å²) in [5.41, 5.74) is 0.801. The molecule has 6 nitrogen and oxygen atoms in total. The number of carboxylic acid groups (broad SMARTS) is 1. The monoisotopic (exact) mass is 392 g/mol. The van der Waals surface area contributed by atoms with E-state index in [0.29, 0.717) is 24.0 Å². The fourth-order valence-corrected chi connectivity index (χ4v) is 5.66. The number of carboxylic acids is 1. The smallest absolute Gasteiger partial charge is 0.328 e. The fraction of sp³-hybridized carbons (Fsp3) is 0.682. The van der Waals surface area contributed by atoms with Gasteiger partial charge in [-0.2, -0.15) is 0 Å². The molecular formula is C22H32O6. The third kappa shape index (κ3) is 4.72. The fourth-order valence-electron chi connectivity index (χ4n) is 5.66. The van der Waals surface area contributed by atoms with Gasteiger partial charge >= 0.3 is 11.9 Å². The highest BCUT2D eigenvalue weighted by Gasteiger charge is 2.55. The minimum absolute atomic E-state index is 0.0304. The van der Waals surface area contributed by atoms with Crippen molar-refractivity contribution in [3.63, 3.8) is 0 Å². The van der Waals surface area contributed by atoms with Crippen molar-refractivity contribution in [3.8, 4) is 0 Å². The van der Waals surface area contributed by atoms with E-state index in [1.54, 1.807) is 6.08 Å². The molecule has 1 fully saturated rings. The molecule has 0 amide bonds. The lowest BCUT2D eigenvalue weighted by Gasteiger charge is -2.58. The molecule has 156 valence electrons. The number of carbonyl (C=O) groups excluding carboxylic acids is 2. The van der Waals surface area contributed by atoms with Crippen molar-refractivity contribution in [2.45, 2.75) is 65.9 Å². The Morgan fingerprint density at radius 3 is 2.54 bits per heavy atom. The van der Waals surface area contributed by atoms with Gasteiger partial charge in [0.05, 0.1) is 6.10 Å². The predicted octanol–water partition coefficient (Wildman–Crippen LogP) is 3.29. The Bertz CT molecular complexity index is 689. The van der Waals surface area contributed by atoms with Crippen LogP contribution in [-0.4, -0.2) is 41.1 Å². The predicted molar refractivity (Wildman–Crippen MR) is 104 cm³/mol. The van der Waals surface area contributed by atoms with Crippen LogP contribution in [0.4, 0.5) is 0 Å². The first kappa shape index (κ1) is 22.3. The van der Waals surface area contributed by atoms with E-state index in [0.717, 1.165) is 31.6 Å². The molecule has 0 radical (unpaired) electrons. The first-order valence-electron chi connectivity index (χ1n) is 9.92. The molecule has 0 bridgehead atoms. The quantitative estimate of drug-likeness (QED) is 0.392. The zero-order valence-corrected chi connectivity index (χ0v) is 17.2. The maximum absolute atomic E-state index is 11.8. The lowest BCUT2D eigenvalue weighted by molar-refractivity contribution is -0.140. The van der Waals surface area contributed by atoms with Gasteiger partial charge in [-0.05, 0) is 65.6 Å². The van der Waals surface area contributed by atoms with Gasteiger partial charge < -0.3 is 14.9 Å². The summed E-state index contributed by atoms with van der Waals surface area (Å²) in [6, 6.07) is 0. The lowest BCUT2D eigenvalue weighted by Crippen LogP contribution is -2.54. The summed E-state index contributed by atoms with van der Waals surface area (Å²) in [7, 11) is 0. The topological polar surface area (TPSA) is 101 Å². The molecule has 0 aromatic heterocycles. The number of fused-ring (bicyclic) bond motifs is 1. The van der Waals surface area contributed by atoms with Gasteiger partial charge in [0.15, 0.2) is 0 Å². The van der Waals surface area contributed by atoms with E-state index >= 15 is 0 Å². The van der Waals surface area contributed by atoms with Gasteiger partial charge in [0, 0.05) is 13.0 Å². The zero-order chi connectivity index (χ0) is 21.1. The van der Waals surface area contributed by atoms with Gasteiger partial charge in [-0.1, -0.05) is 27.2 Å². The highest BCUT2D eigenvalue weighted by Crippen LogP contribution is 2.60. The molecule has 1 saturated carbocycles. The lowest BCUT2D eigenvalue weighted by atomic mass is 9.47. The average Bonchev–Trinajstić information content (AvgIpc) is 2.56. The second-order valence-electron chi connectivity index (χ2n) is 9.11. The summed E-state index contributed by atoms with van der Waals surface area (Å²) < 4.78 is 4.99. The minimum Gasteiger partial charge on any atom is -0.478 e. The summed E-state index contributed by atoms with van der Waals surface area (Å²) in [5, 5.41) is 19.9. The number of aliphatic hydroxyl groups is 1. The van der Waals surface area contributed by atoms with Gasteiger partial charge in [-0.3, -0.25) is 9.59 Å². The Kier molecular flexibility index (Phi) is 6.86. The van der Waals surface area contributed by atoms with Gasteiger partial charge in [-0.25, -0.2) is 4.79 Å². The molecule has 2 aliphatic rings. The van der Waals surface area contributed by atoms with Crippen LogP contribution in [0.3, 0.4) is 0 Å². The largest absolute Gasteiger partial charge is 0.478 e. The van der Waals surface area contributed by atoms with Crippen LogP contribution in [0.25, 0.3) is 0 Å². The Balaban J connectivity index is 2.30. The normalized spacial score (nSPS) is 32.1. The molecule has 0 heterocycles. The van der Waals surface area contributed by atoms with E-state index in [1.165, 1.54) is 6.92 Å².